The smallest absolute Gasteiger partial charge is 0.409 e. The van der Waals surface area contributed by atoms with Crippen molar-refractivity contribution in [1.29, 1.82) is 0 Å². The SMILES string of the molecule is CCOC(=O)N1CCN(C(=O)CSc2nnc(-c3ccccc3)n2-c2ccc(C)cc2)CC1. The van der Waals surface area contributed by atoms with Gasteiger partial charge in [0.1, 0.15) is 0 Å². The van der Waals surface area contributed by atoms with Crippen LogP contribution in [0.4, 0.5) is 4.79 Å². The third-order valence-electron chi connectivity index (χ3n) is 5.44. The molecular formula is C24H27N5O3S. The average molecular weight is 466 g/mol. The van der Waals surface area contributed by atoms with Crippen LogP contribution in [0, 0.1) is 6.92 Å². The minimum Gasteiger partial charge on any atom is -0.450 e. The van der Waals surface area contributed by atoms with Gasteiger partial charge in [0.2, 0.25) is 5.91 Å². The van der Waals surface area contributed by atoms with E-state index in [1.54, 1.807) is 16.7 Å². The summed E-state index contributed by atoms with van der Waals surface area (Å²) in [6.45, 7) is 6.13. The molecule has 1 aliphatic rings. The van der Waals surface area contributed by atoms with Gasteiger partial charge in [-0.3, -0.25) is 9.36 Å². The van der Waals surface area contributed by atoms with Crippen molar-refractivity contribution >= 4 is 23.8 Å². The van der Waals surface area contributed by atoms with Gasteiger partial charge in [-0.25, -0.2) is 4.79 Å². The van der Waals surface area contributed by atoms with Crippen molar-refractivity contribution in [3.05, 3.63) is 60.2 Å². The standard InChI is InChI=1S/C24H27N5O3S/c1-3-32-24(31)28-15-13-27(14-16-28)21(30)17-33-23-26-25-22(19-7-5-4-6-8-19)29(23)20-11-9-18(2)10-12-20/h4-12H,3,13-17H2,1-2H3. The summed E-state index contributed by atoms with van der Waals surface area (Å²) in [4.78, 5) is 28.2. The van der Waals surface area contributed by atoms with Crippen LogP contribution in [0.15, 0.2) is 59.8 Å². The third kappa shape index (κ3) is 5.36. The zero-order chi connectivity index (χ0) is 23.2. The Morgan fingerprint density at radius 1 is 0.939 bits per heavy atom. The molecule has 8 nitrogen and oxygen atoms in total. The minimum absolute atomic E-state index is 0.0169. The van der Waals surface area contributed by atoms with Crippen molar-refractivity contribution in [3.8, 4) is 17.1 Å². The first-order valence-corrected chi connectivity index (χ1v) is 12.0. The van der Waals surface area contributed by atoms with Crippen LogP contribution >= 0.6 is 11.8 Å². The number of rotatable bonds is 6. The van der Waals surface area contributed by atoms with Gasteiger partial charge in [-0.1, -0.05) is 59.8 Å². The minimum atomic E-state index is -0.321. The number of hydrogen-bond acceptors (Lipinski definition) is 6. The van der Waals surface area contributed by atoms with Gasteiger partial charge < -0.3 is 14.5 Å². The Bertz CT molecular complexity index is 1090. The molecule has 0 spiro atoms. The molecule has 2 heterocycles. The highest BCUT2D eigenvalue weighted by atomic mass is 32.2. The van der Waals surface area contributed by atoms with Gasteiger partial charge in [0.25, 0.3) is 0 Å². The molecule has 0 radical (unpaired) electrons. The molecule has 0 unspecified atom stereocenters. The number of aryl methyl sites for hydroxylation is 1. The van der Waals surface area contributed by atoms with E-state index in [-0.39, 0.29) is 17.8 Å². The summed E-state index contributed by atoms with van der Waals surface area (Å²) >= 11 is 1.37. The molecule has 1 aromatic heterocycles. The van der Waals surface area contributed by atoms with Crippen molar-refractivity contribution < 1.29 is 14.3 Å². The van der Waals surface area contributed by atoms with Crippen LogP contribution in [0.25, 0.3) is 17.1 Å². The highest BCUT2D eigenvalue weighted by Crippen LogP contribution is 2.28. The maximum absolute atomic E-state index is 12.9. The predicted octanol–water partition coefficient (Wildman–Crippen LogP) is 3.64. The molecule has 1 fully saturated rings. The second-order valence-electron chi connectivity index (χ2n) is 7.70. The number of piperazine rings is 1. The van der Waals surface area contributed by atoms with E-state index < -0.39 is 0 Å². The van der Waals surface area contributed by atoms with Gasteiger partial charge in [0.05, 0.1) is 12.4 Å². The molecule has 0 aliphatic carbocycles. The summed E-state index contributed by atoms with van der Waals surface area (Å²) in [5, 5.41) is 9.49. The number of hydrogen-bond donors (Lipinski definition) is 0. The number of carbonyl (C=O) groups is 2. The van der Waals surface area contributed by atoms with Gasteiger partial charge in [0, 0.05) is 37.4 Å². The van der Waals surface area contributed by atoms with Gasteiger partial charge in [-0.2, -0.15) is 0 Å². The molecule has 4 rings (SSSR count). The first-order chi connectivity index (χ1) is 16.1. The third-order valence-corrected chi connectivity index (χ3v) is 6.35. The van der Waals surface area contributed by atoms with Crippen molar-refractivity contribution in [2.75, 3.05) is 38.5 Å². The topological polar surface area (TPSA) is 80.6 Å². The molecule has 3 aromatic rings. The number of amides is 2. The number of thioether (sulfide) groups is 1. The number of aromatic nitrogens is 3. The Morgan fingerprint density at radius 2 is 1.61 bits per heavy atom. The fourth-order valence-electron chi connectivity index (χ4n) is 3.63. The van der Waals surface area contributed by atoms with E-state index in [9.17, 15) is 9.59 Å². The van der Waals surface area contributed by atoms with E-state index in [1.807, 2.05) is 66.1 Å². The summed E-state index contributed by atoms with van der Waals surface area (Å²) in [6.07, 6.45) is -0.321. The Kier molecular flexibility index (Phi) is 7.29. The maximum atomic E-state index is 12.9. The lowest BCUT2D eigenvalue weighted by Crippen LogP contribution is -2.51. The molecular weight excluding hydrogens is 438 g/mol. The summed E-state index contributed by atoms with van der Waals surface area (Å²) in [7, 11) is 0. The fraction of sp³-hybridized carbons (Fsp3) is 0.333. The Balaban J connectivity index is 1.47. The van der Waals surface area contributed by atoms with E-state index in [2.05, 4.69) is 10.2 Å². The van der Waals surface area contributed by atoms with Gasteiger partial charge in [-0.15, -0.1) is 10.2 Å². The zero-order valence-electron chi connectivity index (χ0n) is 18.8. The molecule has 9 heteroatoms. The van der Waals surface area contributed by atoms with Crippen molar-refractivity contribution in [2.24, 2.45) is 0 Å². The molecule has 33 heavy (non-hydrogen) atoms. The normalized spacial score (nSPS) is 13.8. The zero-order valence-corrected chi connectivity index (χ0v) is 19.6. The number of carbonyl (C=O) groups excluding carboxylic acids is 2. The van der Waals surface area contributed by atoms with E-state index >= 15 is 0 Å². The predicted molar refractivity (Wildman–Crippen MR) is 127 cm³/mol. The van der Waals surface area contributed by atoms with Crippen LogP contribution in [0.1, 0.15) is 12.5 Å². The first-order valence-electron chi connectivity index (χ1n) is 11.0. The number of ether oxygens (including phenoxy) is 1. The van der Waals surface area contributed by atoms with Crippen LogP contribution in [-0.4, -0.2) is 75.1 Å². The Morgan fingerprint density at radius 3 is 2.27 bits per heavy atom. The first kappa shape index (κ1) is 22.8. The molecule has 0 bridgehead atoms. The van der Waals surface area contributed by atoms with Crippen molar-refractivity contribution in [2.45, 2.75) is 19.0 Å². The molecule has 172 valence electrons. The summed E-state index contributed by atoms with van der Waals surface area (Å²) in [5.41, 5.74) is 3.07. The van der Waals surface area contributed by atoms with E-state index in [0.29, 0.717) is 37.9 Å². The molecule has 0 N–H and O–H groups in total. The number of nitrogens with zero attached hydrogens (tertiary/aromatic N) is 5. The van der Waals surface area contributed by atoms with E-state index in [1.165, 1.54) is 17.3 Å². The highest BCUT2D eigenvalue weighted by molar-refractivity contribution is 7.99. The highest BCUT2D eigenvalue weighted by Gasteiger charge is 2.25. The second kappa shape index (κ2) is 10.5. The fourth-order valence-corrected chi connectivity index (χ4v) is 4.49. The van der Waals surface area contributed by atoms with Crippen molar-refractivity contribution in [3.63, 3.8) is 0 Å². The summed E-state index contributed by atoms with van der Waals surface area (Å²) in [5.74, 6) is 0.999. The lowest BCUT2D eigenvalue weighted by Gasteiger charge is -2.34. The molecule has 1 saturated heterocycles. The van der Waals surface area contributed by atoms with Crippen LogP contribution in [-0.2, 0) is 9.53 Å². The lowest BCUT2D eigenvalue weighted by atomic mass is 10.2. The van der Waals surface area contributed by atoms with Crippen LogP contribution in [0.3, 0.4) is 0 Å². The molecule has 1 aliphatic heterocycles. The quantitative estimate of drug-likeness (QED) is 0.517. The van der Waals surface area contributed by atoms with Gasteiger partial charge in [-0.05, 0) is 26.0 Å². The van der Waals surface area contributed by atoms with Gasteiger partial charge >= 0.3 is 6.09 Å². The maximum Gasteiger partial charge on any atom is 0.409 e. The molecule has 0 atom stereocenters. The van der Waals surface area contributed by atoms with E-state index in [0.717, 1.165) is 17.1 Å². The monoisotopic (exact) mass is 465 g/mol. The number of benzene rings is 2. The average Bonchev–Trinajstić information content (AvgIpc) is 3.28. The molecule has 2 amide bonds. The van der Waals surface area contributed by atoms with Crippen LogP contribution < -0.4 is 0 Å². The largest absolute Gasteiger partial charge is 0.450 e. The molecule has 0 saturated carbocycles. The van der Waals surface area contributed by atoms with Gasteiger partial charge in [0.15, 0.2) is 11.0 Å². The molecule has 2 aromatic carbocycles. The second-order valence-corrected chi connectivity index (χ2v) is 8.64. The van der Waals surface area contributed by atoms with Crippen molar-refractivity contribution in [1.82, 2.24) is 24.6 Å². The Labute approximate surface area is 197 Å². The summed E-state index contributed by atoms with van der Waals surface area (Å²) < 4.78 is 7.04. The summed E-state index contributed by atoms with van der Waals surface area (Å²) in [6, 6.07) is 18.1. The lowest BCUT2D eigenvalue weighted by molar-refractivity contribution is -0.129. The van der Waals surface area contributed by atoms with Crippen LogP contribution in [0.2, 0.25) is 0 Å². The Hall–Kier alpha value is -3.33. The van der Waals surface area contributed by atoms with Crippen LogP contribution in [0.5, 0.6) is 0 Å². The van der Waals surface area contributed by atoms with E-state index in [4.69, 9.17) is 4.74 Å².